The van der Waals surface area contributed by atoms with Gasteiger partial charge in [0.25, 0.3) is 5.91 Å². The maximum absolute atomic E-state index is 14.0. The van der Waals surface area contributed by atoms with E-state index in [2.05, 4.69) is 63.0 Å². The molecular formula is C67H90F3N11O12S. The van der Waals surface area contributed by atoms with Crippen LogP contribution in [0.3, 0.4) is 0 Å². The number of rotatable bonds is 33. The first-order valence-corrected chi connectivity index (χ1v) is 32.9. The first-order valence-electron chi connectivity index (χ1n) is 32.0. The summed E-state index contributed by atoms with van der Waals surface area (Å²) in [5, 5.41) is 22.1. The Bertz CT molecular complexity index is 3330. The zero-order valence-corrected chi connectivity index (χ0v) is 55.2. The van der Waals surface area contributed by atoms with Gasteiger partial charge in [-0.3, -0.25) is 38.6 Å². The van der Waals surface area contributed by atoms with Gasteiger partial charge >= 0.3 is 6.18 Å². The number of amides is 5. The molecule has 0 bridgehead atoms. The zero-order valence-electron chi connectivity index (χ0n) is 54.4. The molecule has 2 aromatic heterocycles. The molecule has 5 amide bonds. The fraction of sp³-hybridized carbons (Fsp3) is 0.537. The van der Waals surface area contributed by atoms with Crippen LogP contribution in [-0.2, 0) is 62.1 Å². The van der Waals surface area contributed by atoms with Crippen LogP contribution in [0.2, 0.25) is 0 Å². The van der Waals surface area contributed by atoms with Gasteiger partial charge in [-0.25, -0.2) is 4.98 Å². The van der Waals surface area contributed by atoms with Crippen LogP contribution in [0.25, 0.3) is 21.6 Å². The number of anilines is 2. The lowest BCUT2D eigenvalue weighted by molar-refractivity contribution is -0.144. The minimum Gasteiger partial charge on any atom is -0.391 e. The largest absolute Gasteiger partial charge is 0.417 e. The number of benzene rings is 3. The monoisotopic (exact) mass is 1330 g/mol. The number of aromatic amines is 1. The minimum absolute atomic E-state index is 0.00672. The van der Waals surface area contributed by atoms with Crippen molar-refractivity contribution in [2.45, 2.75) is 84.4 Å². The van der Waals surface area contributed by atoms with Crippen molar-refractivity contribution in [3.63, 3.8) is 0 Å². The summed E-state index contributed by atoms with van der Waals surface area (Å²) in [5.41, 5.74) is 4.86. The van der Waals surface area contributed by atoms with Gasteiger partial charge in [-0.1, -0.05) is 69.3 Å². The normalized spacial score (nSPS) is 17.1. The molecule has 23 nitrogen and oxygen atoms in total. The molecule has 3 aliphatic heterocycles. The fourth-order valence-corrected chi connectivity index (χ4v) is 12.1. The summed E-state index contributed by atoms with van der Waals surface area (Å²) >= 11 is 1.56. The van der Waals surface area contributed by atoms with Crippen molar-refractivity contribution in [1.82, 2.24) is 45.5 Å². The highest BCUT2D eigenvalue weighted by Gasteiger charge is 2.44. The number of piperazine rings is 2. The van der Waals surface area contributed by atoms with Gasteiger partial charge in [-0.15, -0.1) is 11.3 Å². The molecule has 94 heavy (non-hydrogen) atoms. The summed E-state index contributed by atoms with van der Waals surface area (Å²) in [5.74, 6) is -2.27. The molecule has 8 rings (SSSR count). The average Bonchev–Trinajstić information content (AvgIpc) is 1.39. The van der Waals surface area contributed by atoms with Gasteiger partial charge in [-0.2, -0.15) is 13.2 Å². The van der Waals surface area contributed by atoms with E-state index in [0.29, 0.717) is 89.9 Å². The van der Waals surface area contributed by atoms with Crippen molar-refractivity contribution in [1.29, 1.82) is 0 Å². The predicted octanol–water partition coefficient (Wildman–Crippen LogP) is 5.40. The van der Waals surface area contributed by atoms with Crippen molar-refractivity contribution >= 4 is 52.2 Å². The summed E-state index contributed by atoms with van der Waals surface area (Å²) < 4.78 is 69.8. The lowest BCUT2D eigenvalue weighted by Gasteiger charge is -2.35. The summed E-state index contributed by atoms with van der Waals surface area (Å²) in [4.78, 5) is 96.3. The van der Waals surface area contributed by atoms with Crippen molar-refractivity contribution in [3.05, 3.63) is 123 Å². The maximum Gasteiger partial charge on any atom is 0.417 e. The number of carbonyl (C=O) groups excluding carboxylic acids is 5. The molecule has 0 radical (unpaired) electrons. The van der Waals surface area contributed by atoms with Crippen LogP contribution >= 0.6 is 11.3 Å². The van der Waals surface area contributed by atoms with Crippen molar-refractivity contribution in [2.75, 3.05) is 155 Å². The average molecular weight is 1330 g/mol. The molecule has 3 saturated heterocycles. The van der Waals surface area contributed by atoms with Crippen LogP contribution in [0.1, 0.15) is 72.8 Å². The number of thiazole rings is 1. The van der Waals surface area contributed by atoms with Gasteiger partial charge in [0, 0.05) is 117 Å². The standard InChI is InChI=1S/C67H90F3N11O12S/c1-46-61(94-45-74-46)49-11-9-47(10-12-49)41-73-64(87)57-39-52(82)44-81(57)65(88)62(66(2,3)4)76-59(84)16-28-90-30-32-92-34-36-93-35-33-91-31-29-89-27-15-58(83)71-17-18-78-21-23-79(24-22-78)43-48-7-6-8-50(37-48)51-13-14-56(80-25-19-77(5)20-26-80)55(38-51)75-63(86)53-42-72-60(85)40-54(53)67(68,69)70/h6-14,37-38,40,42,45,52,57,62,82H,15-36,39,41,43-44H2,1-5H3,(H,71,83)(H,72,85)(H,73,87)(H,75,86)(H,76,84). The second kappa shape index (κ2) is 35.5. The molecule has 512 valence electrons. The quantitative estimate of drug-likeness (QED) is 0.0287. The summed E-state index contributed by atoms with van der Waals surface area (Å²) in [6.07, 6.45) is -4.66. The van der Waals surface area contributed by atoms with Crippen LogP contribution < -0.4 is 31.7 Å². The van der Waals surface area contributed by atoms with E-state index < -0.39 is 58.3 Å². The Morgan fingerprint density at radius 2 is 1.33 bits per heavy atom. The number of β-amino-alcohol motifs (C(OH)–C–C–N with tert-alkyl or cyclic N) is 1. The van der Waals surface area contributed by atoms with Crippen molar-refractivity contribution in [3.8, 4) is 21.6 Å². The number of nitrogens with zero attached hydrogens (tertiary/aromatic N) is 6. The number of pyridine rings is 1. The van der Waals surface area contributed by atoms with Gasteiger partial charge in [0.05, 0.1) is 111 Å². The first-order chi connectivity index (χ1) is 45.1. The van der Waals surface area contributed by atoms with Crippen LogP contribution in [0, 0.1) is 12.3 Å². The predicted molar refractivity (Wildman–Crippen MR) is 351 cm³/mol. The second-order valence-electron chi connectivity index (χ2n) is 24.8. The number of hydrogen-bond donors (Lipinski definition) is 6. The van der Waals surface area contributed by atoms with Gasteiger partial charge in [-0.05, 0) is 65.4 Å². The van der Waals surface area contributed by atoms with E-state index in [-0.39, 0.29) is 69.9 Å². The van der Waals surface area contributed by atoms with E-state index in [0.717, 1.165) is 90.4 Å². The van der Waals surface area contributed by atoms with Crippen molar-refractivity contribution in [2.24, 2.45) is 5.41 Å². The van der Waals surface area contributed by atoms with E-state index >= 15 is 0 Å². The van der Waals surface area contributed by atoms with Crippen molar-refractivity contribution < 1.29 is 65.9 Å². The molecule has 0 spiro atoms. The number of alkyl halides is 3. The highest BCUT2D eigenvalue weighted by Crippen LogP contribution is 2.36. The van der Waals surface area contributed by atoms with E-state index in [1.807, 2.05) is 83.3 Å². The number of carbonyl (C=O) groups is 5. The van der Waals surface area contributed by atoms with Gasteiger partial charge in [0.2, 0.25) is 29.2 Å². The number of aromatic nitrogens is 2. The minimum atomic E-state index is -4.91. The topological polar surface area (TPSA) is 262 Å². The lowest BCUT2D eigenvalue weighted by Crippen LogP contribution is -2.57. The molecule has 5 heterocycles. The summed E-state index contributed by atoms with van der Waals surface area (Å²) in [7, 11) is 2.02. The number of aliphatic hydroxyl groups excluding tert-OH is 1. The Hall–Kier alpha value is -7.18. The number of halogens is 3. The molecule has 3 fully saturated rings. The van der Waals surface area contributed by atoms with Crippen LogP contribution in [0.15, 0.2) is 89.3 Å². The number of nitrogens with one attached hydrogen (secondary N) is 5. The first kappa shape index (κ1) is 72.6. The van der Waals surface area contributed by atoms with Gasteiger partial charge in [0.1, 0.15) is 12.1 Å². The highest BCUT2D eigenvalue weighted by atomic mass is 32.1. The second-order valence-corrected chi connectivity index (χ2v) is 25.6. The molecular weight excluding hydrogens is 1240 g/mol. The number of likely N-dealkylation sites (tertiary alicyclic amines) is 1. The number of ether oxygens (including phenoxy) is 5. The molecule has 3 unspecified atom stereocenters. The molecule has 0 aliphatic carbocycles. The Labute approximate surface area is 551 Å². The molecule has 3 aliphatic rings. The zero-order chi connectivity index (χ0) is 67.2. The molecule has 0 saturated carbocycles. The fourth-order valence-electron chi connectivity index (χ4n) is 11.3. The molecule has 3 aromatic carbocycles. The SMILES string of the molecule is Cc1ncsc1-c1ccc(CNC(=O)C2CC(O)CN2C(=O)C(NC(=O)CCOCCOCCOCCOCCOCCC(=O)NCCN2CCN(Cc3cccc(-c4ccc(N5CCN(C)CC5)c(NC(=O)c5c[nH]c(=O)cc5C(F)(F)F)c4)c3)CC2)C(C)(C)C)cc1. The Kier molecular flexibility index (Phi) is 27.5. The Morgan fingerprint density at radius 3 is 1.95 bits per heavy atom. The summed E-state index contributed by atoms with van der Waals surface area (Å²) in [6.45, 7) is 18.9. The maximum atomic E-state index is 14.0. The Balaban J connectivity index is 0.620. The smallest absolute Gasteiger partial charge is 0.391 e. The number of hydrogen-bond acceptors (Lipinski definition) is 18. The van der Waals surface area contributed by atoms with E-state index in [1.54, 1.807) is 22.9 Å². The van der Waals surface area contributed by atoms with E-state index in [4.69, 9.17) is 23.7 Å². The van der Waals surface area contributed by atoms with Crippen LogP contribution in [0.5, 0.6) is 0 Å². The molecule has 6 N–H and O–H groups in total. The number of aliphatic hydroxyl groups is 1. The molecule has 5 aromatic rings. The molecule has 27 heteroatoms. The molecule has 3 atom stereocenters. The van der Waals surface area contributed by atoms with Gasteiger partial charge in [0.15, 0.2) is 0 Å². The van der Waals surface area contributed by atoms with Crippen LogP contribution in [-0.4, -0.2) is 228 Å². The third kappa shape index (κ3) is 22.2. The Morgan fingerprint density at radius 1 is 0.723 bits per heavy atom. The van der Waals surface area contributed by atoms with E-state index in [9.17, 15) is 47.0 Å². The number of likely N-dealkylation sites (N-methyl/N-ethyl adjacent to an activating group) is 1. The highest BCUT2D eigenvalue weighted by molar-refractivity contribution is 7.13. The summed E-state index contributed by atoms with van der Waals surface area (Å²) in [6, 6.07) is 20.1. The van der Waals surface area contributed by atoms with Gasteiger partial charge < -0.3 is 69.7 Å². The third-order valence-corrected chi connectivity index (χ3v) is 17.6. The number of aryl methyl sites for hydroxylation is 1. The third-order valence-electron chi connectivity index (χ3n) is 16.6. The van der Waals surface area contributed by atoms with Crippen LogP contribution in [0.4, 0.5) is 24.5 Å². The van der Waals surface area contributed by atoms with E-state index in [1.165, 1.54) is 4.90 Å². The lowest BCUT2D eigenvalue weighted by atomic mass is 9.85. The number of H-pyrrole nitrogens is 1.